The van der Waals surface area contributed by atoms with Crippen molar-refractivity contribution in [2.45, 2.75) is 49.3 Å². The molecule has 1 amide bonds. The molecule has 2 N–H and O–H groups in total. The zero-order valence-corrected chi connectivity index (χ0v) is 15.9. The van der Waals surface area contributed by atoms with Crippen LogP contribution in [0.1, 0.15) is 39.2 Å². The van der Waals surface area contributed by atoms with E-state index in [4.69, 9.17) is 5.21 Å². The number of benzene rings is 1. The van der Waals surface area contributed by atoms with E-state index in [1.807, 2.05) is 13.8 Å². The van der Waals surface area contributed by atoms with Gasteiger partial charge >= 0.3 is 0 Å². The number of hydrogen-bond donors (Lipinski definition) is 2. The van der Waals surface area contributed by atoms with Gasteiger partial charge in [0.2, 0.25) is 10.0 Å². The van der Waals surface area contributed by atoms with Crippen LogP contribution in [-0.4, -0.2) is 46.9 Å². The third kappa shape index (κ3) is 3.61. The molecule has 8 heteroatoms. The minimum atomic E-state index is -3.83. The van der Waals surface area contributed by atoms with Gasteiger partial charge in [0.15, 0.2) is 0 Å². The average Bonchev–Trinajstić information content (AvgIpc) is 2.53. The highest BCUT2D eigenvalue weighted by Crippen LogP contribution is 2.38. The number of nitrogens with one attached hydrogen (secondary N) is 1. The van der Waals surface area contributed by atoms with Crippen molar-refractivity contribution in [3.63, 3.8) is 0 Å². The summed E-state index contributed by atoms with van der Waals surface area (Å²) in [4.78, 5) is 12.3. The van der Waals surface area contributed by atoms with Crippen LogP contribution in [-0.2, 0) is 14.8 Å². The normalized spacial score (nSPS) is 21.7. The summed E-state index contributed by atoms with van der Waals surface area (Å²) < 4.78 is 26.6. The summed E-state index contributed by atoms with van der Waals surface area (Å²) in [5.41, 5.74) is 2.66. The standard InChI is InChI=1S/C16H24N2O4S2/c1-11(2)12-5-7-13(8-6-12)24(21,22)18-9-10-23-16(3,4)14(18)15(19)17-20/h5-8,11,14,20H,9-10H2,1-4H3,(H,17,19). The van der Waals surface area contributed by atoms with E-state index in [9.17, 15) is 13.2 Å². The third-order valence-electron chi connectivity index (χ3n) is 4.24. The second-order valence-electron chi connectivity index (χ2n) is 6.67. The molecule has 0 spiro atoms. The predicted octanol–water partition coefficient (Wildman–Crippen LogP) is 2.20. The first-order chi connectivity index (χ1) is 11.1. The van der Waals surface area contributed by atoms with E-state index in [2.05, 4.69) is 0 Å². The highest BCUT2D eigenvalue weighted by atomic mass is 32.2. The minimum Gasteiger partial charge on any atom is -0.289 e. The van der Waals surface area contributed by atoms with Gasteiger partial charge in [-0.2, -0.15) is 16.1 Å². The fraction of sp³-hybridized carbons (Fsp3) is 0.562. The van der Waals surface area contributed by atoms with Crippen molar-refractivity contribution < 1.29 is 18.4 Å². The molecule has 1 saturated heterocycles. The fourth-order valence-corrected chi connectivity index (χ4v) is 5.99. The molecule has 134 valence electrons. The molecule has 1 unspecified atom stereocenters. The maximum absolute atomic E-state index is 13.0. The Morgan fingerprint density at radius 2 is 1.92 bits per heavy atom. The molecule has 0 aromatic heterocycles. The second kappa shape index (κ2) is 7.03. The van der Waals surface area contributed by atoms with Gasteiger partial charge in [0.1, 0.15) is 6.04 Å². The van der Waals surface area contributed by atoms with Crippen LogP contribution in [0.2, 0.25) is 0 Å². The second-order valence-corrected chi connectivity index (χ2v) is 10.3. The number of amides is 1. The van der Waals surface area contributed by atoms with E-state index in [0.29, 0.717) is 11.7 Å². The van der Waals surface area contributed by atoms with Crippen LogP contribution in [0.3, 0.4) is 0 Å². The van der Waals surface area contributed by atoms with Gasteiger partial charge in [-0.3, -0.25) is 10.0 Å². The van der Waals surface area contributed by atoms with Crippen LogP contribution in [0.4, 0.5) is 0 Å². The maximum atomic E-state index is 13.0. The van der Waals surface area contributed by atoms with Crippen LogP contribution >= 0.6 is 11.8 Å². The lowest BCUT2D eigenvalue weighted by Gasteiger charge is -2.43. The van der Waals surface area contributed by atoms with Crippen molar-refractivity contribution >= 4 is 27.7 Å². The number of hydrogen-bond acceptors (Lipinski definition) is 5. The first-order valence-electron chi connectivity index (χ1n) is 7.81. The van der Waals surface area contributed by atoms with E-state index in [-0.39, 0.29) is 11.4 Å². The first-order valence-corrected chi connectivity index (χ1v) is 10.2. The largest absolute Gasteiger partial charge is 0.289 e. The van der Waals surface area contributed by atoms with Gasteiger partial charge in [0.05, 0.1) is 4.90 Å². The van der Waals surface area contributed by atoms with E-state index >= 15 is 0 Å². The van der Waals surface area contributed by atoms with E-state index in [1.54, 1.807) is 43.6 Å². The van der Waals surface area contributed by atoms with Gasteiger partial charge in [0, 0.05) is 17.0 Å². The van der Waals surface area contributed by atoms with Gasteiger partial charge in [0.25, 0.3) is 5.91 Å². The Kier molecular flexibility index (Phi) is 5.64. The number of nitrogens with zero attached hydrogens (tertiary/aromatic N) is 1. The number of rotatable bonds is 4. The van der Waals surface area contributed by atoms with Crippen molar-refractivity contribution in [3.05, 3.63) is 29.8 Å². The van der Waals surface area contributed by atoms with Gasteiger partial charge in [-0.25, -0.2) is 13.9 Å². The molecule has 1 aromatic carbocycles. The number of thioether (sulfide) groups is 1. The number of carbonyl (C=O) groups excluding carboxylic acids is 1. The summed E-state index contributed by atoms with van der Waals surface area (Å²) in [6.45, 7) is 7.91. The molecular weight excluding hydrogens is 348 g/mol. The molecule has 0 bridgehead atoms. The van der Waals surface area contributed by atoms with Gasteiger partial charge in [-0.05, 0) is 37.5 Å². The average molecular weight is 373 g/mol. The van der Waals surface area contributed by atoms with Crippen LogP contribution in [0.15, 0.2) is 29.2 Å². The molecule has 0 aliphatic carbocycles. The van der Waals surface area contributed by atoms with Crippen LogP contribution < -0.4 is 5.48 Å². The maximum Gasteiger partial charge on any atom is 0.263 e. The molecule has 1 heterocycles. The molecule has 0 saturated carbocycles. The van der Waals surface area contributed by atoms with Crippen molar-refractivity contribution in [2.75, 3.05) is 12.3 Å². The smallest absolute Gasteiger partial charge is 0.263 e. The zero-order valence-electron chi connectivity index (χ0n) is 14.3. The van der Waals surface area contributed by atoms with E-state index in [1.165, 1.54) is 16.1 Å². The molecule has 1 aliphatic rings. The number of carbonyl (C=O) groups is 1. The Hall–Kier alpha value is -1.09. The SMILES string of the molecule is CC(C)c1ccc(S(=O)(=O)N2CCSC(C)(C)C2C(=O)NO)cc1. The summed E-state index contributed by atoms with van der Waals surface area (Å²) in [5.74, 6) is 0.181. The van der Waals surface area contributed by atoms with Crippen LogP contribution in [0.25, 0.3) is 0 Å². The quantitative estimate of drug-likeness (QED) is 0.625. The van der Waals surface area contributed by atoms with E-state index < -0.39 is 26.7 Å². The fourth-order valence-electron chi connectivity index (χ4n) is 2.88. The Bertz CT molecular complexity index is 699. The Labute approximate surface area is 147 Å². The summed E-state index contributed by atoms with van der Waals surface area (Å²) in [7, 11) is -3.83. The van der Waals surface area contributed by atoms with Crippen molar-refractivity contribution in [3.8, 4) is 0 Å². The topological polar surface area (TPSA) is 86.7 Å². The van der Waals surface area contributed by atoms with Crippen molar-refractivity contribution in [2.24, 2.45) is 0 Å². The minimum absolute atomic E-state index is 0.158. The molecule has 1 atom stereocenters. The molecule has 1 fully saturated rings. The number of sulfonamides is 1. The molecule has 1 aromatic rings. The van der Waals surface area contributed by atoms with Gasteiger partial charge in [-0.15, -0.1) is 0 Å². The summed E-state index contributed by atoms with van der Waals surface area (Å²) in [6.07, 6.45) is 0. The predicted molar refractivity (Wildman–Crippen MR) is 94.7 cm³/mol. The summed E-state index contributed by atoms with van der Waals surface area (Å²) in [6, 6.07) is 5.77. The molecule has 0 radical (unpaired) electrons. The lowest BCUT2D eigenvalue weighted by Crippen LogP contribution is -2.61. The lowest BCUT2D eigenvalue weighted by molar-refractivity contribution is -0.134. The van der Waals surface area contributed by atoms with Crippen LogP contribution in [0, 0.1) is 0 Å². The third-order valence-corrected chi connectivity index (χ3v) is 7.48. The lowest BCUT2D eigenvalue weighted by atomic mass is 10.0. The van der Waals surface area contributed by atoms with Gasteiger partial charge in [-0.1, -0.05) is 26.0 Å². The molecule has 24 heavy (non-hydrogen) atoms. The molecule has 1 aliphatic heterocycles. The summed E-state index contributed by atoms with van der Waals surface area (Å²) >= 11 is 1.52. The molecule has 6 nitrogen and oxygen atoms in total. The molecule has 2 rings (SSSR count). The van der Waals surface area contributed by atoms with Crippen LogP contribution in [0.5, 0.6) is 0 Å². The zero-order chi connectivity index (χ0) is 18.1. The van der Waals surface area contributed by atoms with E-state index in [0.717, 1.165) is 5.56 Å². The Morgan fingerprint density at radius 1 is 1.33 bits per heavy atom. The molecular formula is C16H24N2O4S2. The number of hydroxylamine groups is 1. The Balaban J connectivity index is 2.43. The highest BCUT2D eigenvalue weighted by Gasteiger charge is 2.48. The highest BCUT2D eigenvalue weighted by molar-refractivity contribution is 8.00. The monoisotopic (exact) mass is 372 g/mol. The summed E-state index contributed by atoms with van der Waals surface area (Å²) in [5, 5.41) is 9.04. The van der Waals surface area contributed by atoms with Gasteiger partial charge < -0.3 is 0 Å². The Morgan fingerprint density at radius 3 is 2.42 bits per heavy atom. The first kappa shape index (κ1) is 19.2. The van der Waals surface area contributed by atoms with Crippen molar-refractivity contribution in [1.29, 1.82) is 0 Å². The van der Waals surface area contributed by atoms with Crippen molar-refractivity contribution in [1.82, 2.24) is 9.79 Å².